The van der Waals surface area contributed by atoms with Crippen LogP contribution in [0.1, 0.15) is 15.9 Å². The van der Waals surface area contributed by atoms with E-state index in [1.165, 1.54) is 12.1 Å². The average molecular weight is 341 g/mol. The van der Waals surface area contributed by atoms with Crippen molar-refractivity contribution in [2.45, 2.75) is 6.18 Å². The fourth-order valence-electron chi connectivity index (χ4n) is 1.87. The number of hydrogen-bond acceptors (Lipinski definition) is 5. The second-order valence-corrected chi connectivity index (χ2v) is 4.54. The zero-order valence-corrected chi connectivity index (χ0v) is 11.8. The predicted octanol–water partition coefficient (Wildman–Crippen LogP) is 3.01. The second kappa shape index (κ2) is 6.54. The minimum atomic E-state index is -4.55. The van der Waals surface area contributed by atoms with Crippen molar-refractivity contribution >= 4 is 11.6 Å². The molecule has 0 aromatic heterocycles. The third-order valence-corrected chi connectivity index (χ3v) is 2.94. The number of nitro benzene ring substituents is 1. The van der Waals surface area contributed by atoms with Crippen molar-refractivity contribution in [3.05, 3.63) is 63.7 Å². The lowest BCUT2D eigenvalue weighted by Crippen LogP contribution is -2.30. The summed E-state index contributed by atoms with van der Waals surface area (Å²) in [5, 5.41) is 11.0. The molecule has 0 spiro atoms. The molecule has 10 heteroatoms. The fourth-order valence-corrected chi connectivity index (χ4v) is 1.87. The molecule has 2 rings (SSSR count). The molecule has 7 nitrogen and oxygen atoms in total. The molecule has 0 aliphatic carbocycles. The first-order valence-electron chi connectivity index (χ1n) is 6.37. The molecule has 0 saturated heterocycles. The standard InChI is InChI=1S/C14H10F3N3O4/c15-14(16,17)8-2-1-3-9(6-8)24-10-4-5-11(13(21)19-18)12(7-10)20(22)23/h1-7H,18H2,(H,19,21). The number of alkyl halides is 3. The molecule has 0 bridgehead atoms. The molecule has 0 heterocycles. The largest absolute Gasteiger partial charge is 0.457 e. The number of hydrazine groups is 1. The van der Waals surface area contributed by atoms with Crippen LogP contribution in [-0.4, -0.2) is 10.8 Å². The van der Waals surface area contributed by atoms with E-state index in [0.29, 0.717) is 0 Å². The van der Waals surface area contributed by atoms with E-state index in [1.807, 2.05) is 0 Å². The number of halogens is 3. The van der Waals surface area contributed by atoms with Crippen LogP contribution in [0.25, 0.3) is 0 Å². The van der Waals surface area contributed by atoms with E-state index >= 15 is 0 Å². The van der Waals surface area contributed by atoms with Gasteiger partial charge in [0.05, 0.1) is 16.6 Å². The fraction of sp³-hybridized carbons (Fsp3) is 0.0714. The highest BCUT2D eigenvalue weighted by molar-refractivity contribution is 5.98. The minimum Gasteiger partial charge on any atom is -0.457 e. The Morgan fingerprint density at radius 3 is 2.42 bits per heavy atom. The number of ether oxygens (including phenoxy) is 1. The minimum absolute atomic E-state index is 0.102. The van der Waals surface area contributed by atoms with Crippen LogP contribution in [0.5, 0.6) is 11.5 Å². The molecule has 1 amide bonds. The zero-order chi connectivity index (χ0) is 17.9. The van der Waals surface area contributed by atoms with E-state index in [9.17, 15) is 28.1 Å². The number of nitrogens with two attached hydrogens (primary N) is 1. The SMILES string of the molecule is NNC(=O)c1ccc(Oc2cccc(C(F)(F)F)c2)cc1[N+](=O)[O-]. The number of rotatable bonds is 4. The smallest absolute Gasteiger partial charge is 0.416 e. The van der Waals surface area contributed by atoms with Crippen LogP contribution in [0.4, 0.5) is 18.9 Å². The monoisotopic (exact) mass is 341 g/mol. The number of carbonyl (C=O) groups is 1. The van der Waals surface area contributed by atoms with Crippen LogP contribution >= 0.6 is 0 Å². The predicted molar refractivity (Wildman–Crippen MR) is 76.3 cm³/mol. The van der Waals surface area contributed by atoms with E-state index in [0.717, 1.165) is 30.3 Å². The summed E-state index contributed by atoms with van der Waals surface area (Å²) in [6.07, 6.45) is -4.55. The molecule has 2 aromatic rings. The molecule has 0 unspecified atom stereocenters. The van der Waals surface area contributed by atoms with E-state index in [-0.39, 0.29) is 17.1 Å². The summed E-state index contributed by atoms with van der Waals surface area (Å²) in [4.78, 5) is 21.6. The van der Waals surface area contributed by atoms with Crippen molar-refractivity contribution in [1.29, 1.82) is 0 Å². The highest BCUT2D eigenvalue weighted by atomic mass is 19.4. The molecule has 0 atom stereocenters. The van der Waals surface area contributed by atoms with Gasteiger partial charge in [-0.2, -0.15) is 13.2 Å². The van der Waals surface area contributed by atoms with E-state index < -0.39 is 28.3 Å². The number of benzene rings is 2. The third kappa shape index (κ3) is 3.79. The Hall–Kier alpha value is -3.14. The van der Waals surface area contributed by atoms with Gasteiger partial charge in [-0.25, -0.2) is 5.84 Å². The average Bonchev–Trinajstić information content (AvgIpc) is 2.53. The van der Waals surface area contributed by atoms with Crippen molar-refractivity contribution in [2.75, 3.05) is 0 Å². The summed E-state index contributed by atoms with van der Waals surface area (Å²) in [5.41, 5.74) is -0.0635. The molecule has 0 fully saturated rings. The van der Waals surface area contributed by atoms with E-state index in [1.54, 1.807) is 5.43 Å². The van der Waals surface area contributed by atoms with Gasteiger partial charge in [0, 0.05) is 0 Å². The molecule has 3 N–H and O–H groups in total. The summed E-state index contributed by atoms with van der Waals surface area (Å²) in [6, 6.07) is 7.24. The van der Waals surface area contributed by atoms with Crippen LogP contribution in [0.3, 0.4) is 0 Å². The van der Waals surface area contributed by atoms with Crippen LogP contribution in [-0.2, 0) is 6.18 Å². The number of amides is 1. The molecule has 0 aliphatic rings. The highest BCUT2D eigenvalue weighted by Gasteiger charge is 2.30. The Kier molecular flexibility index (Phi) is 4.69. The van der Waals surface area contributed by atoms with E-state index in [4.69, 9.17) is 10.6 Å². The normalized spacial score (nSPS) is 11.0. The van der Waals surface area contributed by atoms with Gasteiger partial charge >= 0.3 is 6.18 Å². The molecule has 2 aromatic carbocycles. The Bertz CT molecular complexity index is 793. The Labute approximate surface area is 133 Å². The maximum absolute atomic E-state index is 12.7. The lowest BCUT2D eigenvalue weighted by Gasteiger charge is -2.10. The van der Waals surface area contributed by atoms with Gasteiger partial charge < -0.3 is 4.74 Å². The van der Waals surface area contributed by atoms with Crippen molar-refractivity contribution in [2.24, 2.45) is 5.84 Å². The zero-order valence-electron chi connectivity index (χ0n) is 11.8. The topological polar surface area (TPSA) is 107 Å². The van der Waals surface area contributed by atoms with E-state index in [2.05, 4.69) is 0 Å². The third-order valence-electron chi connectivity index (χ3n) is 2.94. The lowest BCUT2D eigenvalue weighted by molar-refractivity contribution is -0.385. The summed E-state index contributed by atoms with van der Waals surface area (Å²) >= 11 is 0. The highest BCUT2D eigenvalue weighted by Crippen LogP contribution is 2.33. The van der Waals surface area contributed by atoms with Crippen molar-refractivity contribution in [3.8, 4) is 11.5 Å². The molecule has 126 valence electrons. The van der Waals surface area contributed by atoms with Gasteiger partial charge in [0.15, 0.2) is 0 Å². The van der Waals surface area contributed by atoms with Gasteiger partial charge in [-0.1, -0.05) is 6.07 Å². The van der Waals surface area contributed by atoms with Crippen molar-refractivity contribution < 1.29 is 27.6 Å². The first-order valence-corrected chi connectivity index (χ1v) is 6.37. The van der Waals surface area contributed by atoms with Gasteiger partial charge in [-0.3, -0.25) is 20.3 Å². The number of nitrogens with zero attached hydrogens (tertiary/aromatic N) is 1. The Morgan fingerprint density at radius 1 is 1.17 bits per heavy atom. The molecule has 24 heavy (non-hydrogen) atoms. The summed E-state index contributed by atoms with van der Waals surface area (Å²) in [7, 11) is 0. The first-order chi connectivity index (χ1) is 11.2. The maximum atomic E-state index is 12.7. The van der Waals surface area contributed by atoms with Gasteiger partial charge in [-0.05, 0) is 30.3 Å². The molecule has 0 saturated carbocycles. The molecule has 0 aliphatic heterocycles. The number of nitrogens with one attached hydrogen (secondary N) is 1. The van der Waals surface area contributed by atoms with Crippen molar-refractivity contribution in [1.82, 2.24) is 5.43 Å². The van der Waals surface area contributed by atoms with Gasteiger partial charge in [-0.15, -0.1) is 0 Å². The number of nitro groups is 1. The maximum Gasteiger partial charge on any atom is 0.416 e. The summed E-state index contributed by atoms with van der Waals surface area (Å²) in [5.74, 6) is 3.79. The Morgan fingerprint density at radius 2 is 1.83 bits per heavy atom. The summed E-state index contributed by atoms with van der Waals surface area (Å²) < 4.78 is 43.2. The van der Waals surface area contributed by atoms with Gasteiger partial charge in [0.2, 0.25) is 0 Å². The number of nitrogen functional groups attached to an aromatic ring is 1. The molecular formula is C14H10F3N3O4. The molecular weight excluding hydrogens is 331 g/mol. The summed E-state index contributed by atoms with van der Waals surface area (Å²) in [6.45, 7) is 0. The quantitative estimate of drug-likeness (QED) is 0.385. The van der Waals surface area contributed by atoms with Crippen LogP contribution < -0.4 is 16.0 Å². The van der Waals surface area contributed by atoms with Crippen molar-refractivity contribution in [3.63, 3.8) is 0 Å². The lowest BCUT2D eigenvalue weighted by atomic mass is 10.1. The van der Waals surface area contributed by atoms with Gasteiger partial charge in [0.25, 0.3) is 11.6 Å². The number of hydrogen-bond donors (Lipinski definition) is 2. The van der Waals surface area contributed by atoms with Crippen LogP contribution in [0.2, 0.25) is 0 Å². The Balaban J connectivity index is 2.36. The number of carbonyl (C=O) groups excluding carboxylic acids is 1. The second-order valence-electron chi connectivity index (χ2n) is 4.54. The van der Waals surface area contributed by atoms with Crippen LogP contribution in [0, 0.1) is 10.1 Å². The molecule has 0 radical (unpaired) electrons. The van der Waals surface area contributed by atoms with Gasteiger partial charge in [0.1, 0.15) is 17.1 Å². The first kappa shape index (κ1) is 17.2. The van der Waals surface area contributed by atoms with Crippen LogP contribution in [0.15, 0.2) is 42.5 Å².